The molecule has 4 heteroatoms. The Hall–Kier alpha value is 0.830. The molecule has 0 aliphatic heterocycles. The molecule has 0 aromatic heterocycles. The van der Waals surface area contributed by atoms with E-state index in [-0.39, 0.29) is 0 Å². The molecule has 0 spiro atoms. The summed E-state index contributed by atoms with van der Waals surface area (Å²) in [7, 11) is 0. The highest BCUT2D eigenvalue weighted by Crippen LogP contribution is 2.41. The lowest BCUT2D eigenvalue weighted by Crippen LogP contribution is -2.07. The van der Waals surface area contributed by atoms with Gasteiger partial charge in [-0.05, 0) is 54.4 Å². The van der Waals surface area contributed by atoms with E-state index in [0.717, 1.165) is 23.0 Å². The van der Waals surface area contributed by atoms with Crippen molar-refractivity contribution >= 4 is 36.3 Å². The largest absolute Gasteiger partial charge is 0.215 e. The maximum absolute atomic E-state index is 2.46. The Morgan fingerprint density at radius 2 is 2.00 bits per heavy atom. The summed E-state index contributed by atoms with van der Waals surface area (Å²) in [5.41, 5.74) is 0. The third-order valence-corrected chi connectivity index (χ3v) is 6.33. The Morgan fingerprint density at radius 1 is 1.24 bits per heavy atom. The van der Waals surface area contributed by atoms with Gasteiger partial charge in [-0.25, -0.2) is 23.2 Å². The van der Waals surface area contributed by atoms with E-state index >= 15 is 0 Å². The minimum atomic E-state index is 0.941. The zero-order valence-electron chi connectivity index (χ0n) is 12.1. The van der Waals surface area contributed by atoms with E-state index in [1.165, 1.54) is 44.6 Å². The van der Waals surface area contributed by atoms with Crippen LogP contribution in [0.15, 0.2) is 0 Å². The van der Waals surface area contributed by atoms with Crippen molar-refractivity contribution in [3.8, 4) is 0 Å². The fourth-order valence-electron chi connectivity index (χ4n) is 3.09. The molecule has 0 saturated heterocycles. The van der Waals surface area contributed by atoms with Gasteiger partial charge in [-0.3, -0.25) is 0 Å². The predicted octanol–water partition coefficient (Wildman–Crippen LogP) is 4.08. The van der Waals surface area contributed by atoms with E-state index in [1.54, 1.807) is 0 Å². The molecule has 0 radical (unpaired) electrons. The Bertz CT molecular complexity index is 202. The zero-order chi connectivity index (χ0) is 12.7. The summed E-state index contributed by atoms with van der Waals surface area (Å²) in [4.78, 5) is 0. The molecule has 17 heavy (non-hydrogen) atoms. The van der Waals surface area contributed by atoms with E-state index in [1.807, 2.05) is 0 Å². The highest BCUT2D eigenvalue weighted by Gasteiger charge is 2.31. The summed E-state index contributed by atoms with van der Waals surface area (Å²) in [6.45, 7) is 12.1. The smallest absolute Gasteiger partial charge is 0.188 e. The van der Waals surface area contributed by atoms with Crippen LogP contribution in [0.3, 0.4) is 0 Å². The molecule has 4 unspecified atom stereocenters. The van der Waals surface area contributed by atoms with Crippen molar-refractivity contribution in [1.82, 2.24) is 0 Å². The Labute approximate surface area is 118 Å². The summed E-state index contributed by atoms with van der Waals surface area (Å²) in [5, 5.41) is 0.960. The highest BCUT2D eigenvalue weighted by atomic mass is 32.2. The minimum Gasteiger partial charge on any atom is -0.215 e. The first-order valence-corrected chi connectivity index (χ1v) is 9.57. The van der Waals surface area contributed by atoms with Crippen LogP contribution in [-0.2, 0) is 0 Å². The first-order chi connectivity index (χ1) is 8.17. The van der Waals surface area contributed by atoms with Gasteiger partial charge in [-0.15, -0.1) is 0 Å². The Kier molecular flexibility index (Phi) is 8.27. The van der Waals surface area contributed by atoms with Crippen LogP contribution in [0.25, 0.3) is 0 Å². The Morgan fingerprint density at radius 3 is 2.65 bits per heavy atom. The van der Waals surface area contributed by atoms with Crippen molar-refractivity contribution in [2.45, 2.75) is 58.4 Å². The summed E-state index contributed by atoms with van der Waals surface area (Å²) < 4.78 is 0. The second-order valence-electron chi connectivity index (χ2n) is 5.63. The summed E-state index contributed by atoms with van der Waals surface area (Å²) >= 11 is 4.29. The van der Waals surface area contributed by atoms with E-state index in [9.17, 15) is 0 Å². The number of hydrogen-bond donors (Lipinski definition) is 0. The van der Waals surface area contributed by atoms with Crippen LogP contribution < -0.4 is 0 Å². The highest BCUT2D eigenvalue weighted by molar-refractivity contribution is 8.22. The third-order valence-electron chi connectivity index (χ3n) is 3.98. The lowest BCUT2D eigenvalue weighted by molar-refractivity contribution is 0.383. The van der Waals surface area contributed by atoms with Crippen LogP contribution in [0.5, 0.6) is 0 Å². The quantitative estimate of drug-likeness (QED) is 0.481. The molecule has 0 nitrogen and oxygen atoms in total. The topological polar surface area (TPSA) is 0 Å². The van der Waals surface area contributed by atoms with Gasteiger partial charge in [-0.1, -0.05) is 27.5 Å². The van der Waals surface area contributed by atoms with E-state index in [0.29, 0.717) is 0 Å². The fourth-order valence-corrected chi connectivity index (χ4v) is 5.22. The molecule has 1 saturated carbocycles. The van der Waals surface area contributed by atoms with Crippen LogP contribution in [0.1, 0.15) is 39.5 Å². The van der Waals surface area contributed by atoms with Gasteiger partial charge in [-0.2, -0.15) is 0 Å². The normalized spacial score (nSPS) is 30.2. The van der Waals surface area contributed by atoms with Crippen LogP contribution in [0.2, 0.25) is 13.6 Å². The first kappa shape index (κ1) is 15.9. The zero-order valence-corrected chi connectivity index (χ0v) is 13.7. The minimum absolute atomic E-state index is 0.941. The molecule has 0 N–H and O–H groups in total. The average Bonchev–Trinajstić information content (AvgIpc) is 2.60. The molecule has 0 aromatic rings. The van der Waals surface area contributed by atoms with E-state index in [2.05, 4.69) is 50.7 Å². The molecule has 4 atom stereocenters. The van der Waals surface area contributed by atoms with Gasteiger partial charge in [0.05, 0.1) is 0 Å². The monoisotopic (exact) mass is 270 g/mol. The molecular formula is C13H28B2S2. The van der Waals surface area contributed by atoms with Crippen molar-refractivity contribution in [3.63, 3.8) is 0 Å². The van der Waals surface area contributed by atoms with Crippen molar-refractivity contribution in [1.29, 1.82) is 0 Å². The van der Waals surface area contributed by atoms with Gasteiger partial charge < -0.3 is 0 Å². The van der Waals surface area contributed by atoms with E-state index in [4.69, 9.17) is 0 Å². The molecule has 0 heterocycles. The van der Waals surface area contributed by atoms with Crippen LogP contribution in [0.4, 0.5) is 0 Å². The predicted molar refractivity (Wildman–Crippen MR) is 90.1 cm³/mol. The first-order valence-electron chi connectivity index (χ1n) is 7.36. The number of hydrogen-bond acceptors (Lipinski definition) is 2. The van der Waals surface area contributed by atoms with Gasteiger partial charge in [0.2, 0.25) is 0 Å². The molecule has 1 aliphatic rings. The van der Waals surface area contributed by atoms with Crippen molar-refractivity contribution in [2.75, 3.05) is 5.75 Å². The summed E-state index contributed by atoms with van der Waals surface area (Å²) in [6, 6.07) is 0. The van der Waals surface area contributed by atoms with Gasteiger partial charge in [0.1, 0.15) is 0 Å². The SMILES string of the molecule is CBSCCC(C)CC1CC(C)C(SBC)C1. The standard InChI is InChI=1S/C13H28B2S2/c1-10(5-6-16-14-3)7-12-8-11(2)13(9-12)17-15-4/h10-15H,5-9H2,1-4H3. The molecule has 0 bridgehead atoms. The van der Waals surface area contributed by atoms with Crippen LogP contribution in [-0.4, -0.2) is 24.1 Å². The molecule has 0 aromatic carbocycles. The maximum atomic E-state index is 2.46. The van der Waals surface area contributed by atoms with Gasteiger partial charge in [0, 0.05) is 0 Å². The van der Waals surface area contributed by atoms with Crippen LogP contribution in [0, 0.1) is 17.8 Å². The lowest BCUT2D eigenvalue weighted by atomic mass is 9.92. The molecule has 1 fully saturated rings. The third kappa shape index (κ3) is 6.00. The molecular weight excluding hydrogens is 242 g/mol. The van der Waals surface area contributed by atoms with Crippen molar-refractivity contribution in [2.24, 2.45) is 17.8 Å². The van der Waals surface area contributed by atoms with Crippen molar-refractivity contribution in [3.05, 3.63) is 0 Å². The average molecular weight is 270 g/mol. The van der Waals surface area contributed by atoms with Gasteiger partial charge in [0.25, 0.3) is 0 Å². The van der Waals surface area contributed by atoms with Crippen molar-refractivity contribution < 1.29 is 0 Å². The summed E-state index contributed by atoms with van der Waals surface area (Å²) in [5.74, 6) is 4.29. The second-order valence-corrected chi connectivity index (χ2v) is 8.55. The maximum Gasteiger partial charge on any atom is 0.188 e. The lowest BCUT2D eigenvalue weighted by Gasteiger charge is -2.16. The van der Waals surface area contributed by atoms with Gasteiger partial charge in [0.15, 0.2) is 13.1 Å². The molecule has 0 amide bonds. The molecule has 98 valence electrons. The van der Waals surface area contributed by atoms with Crippen LogP contribution >= 0.6 is 23.2 Å². The Balaban J connectivity index is 2.19. The summed E-state index contributed by atoms with van der Waals surface area (Å²) in [6.07, 6.45) is 5.89. The second kappa shape index (κ2) is 8.85. The molecule has 1 aliphatic carbocycles. The van der Waals surface area contributed by atoms with E-state index < -0.39 is 0 Å². The molecule has 1 rings (SSSR count). The number of rotatable bonds is 8. The fraction of sp³-hybridized carbons (Fsp3) is 1.00. The van der Waals surface area contributed by atoms with Gasteiger partial charge >= 0.3 is 0 Å².